The van der Waals surface area contributed by atoms with Crippen molar-refractivity contribution in [3.8, 4) is 0 Å². The van der Waals surface area contributed by atoms with Crippen LogP contribution in [0.15, 0.2) is 84.9 Å². The van der Waals surface area contributed by atoms with Crippen LogP contribution in [0.4, 0.5) is 0 Å². The van der Waals surface area contributed by atoms with Crippen LogP contribution in [0.2, 0.25) is 0 Å². The molecule has 0 unspecified atom stereocenters. The predicted molar refractivity (Wildman–Crippen MR) is 123 cm³/mol. The summed E-state index contributed by atoms with van der Waals surface area (Å²) in [6.45, 7) is 0. The Hall–Kier alpha value is -4.04. The van der Waals surface area contributed by atoms with Crippen LogP contribution in [0.5, 0.6) is 0 Å². The molecule has 0 aliphatic heterocycles. The lowest BCUT2D eigenvalue weighted by Crippen LogP contribution is -1.84. The Labute approximate surface area is 175 Å². The Balaban J connectivity index is 1.47. The molecule has 0 saturated heterocycles. The van der Waals surface area contributed by atoms with Crippen LogP contribution in [-0.4, -0.2) is 12.6 Å². The van der Waals surface area contributed by atoms with Gasteiger partial charge in [-0.1, -0.05) is 72.8 Å². The molecule has 0 saturated carbocycles. The summed E-state index contributed by atoms with van der Waals surface area (Å²) in [5, 5.41) is 0. The quantitative estimate of drug-likeness (QED) is 0.519. The van der Waals surface area contributed by atoms with Crippen molar-refractivity contribution in [1.82, 2.24) is 0 Å². The predicted octanol–water partition coefficient (Wildman–Crippen LogP) is 5.96. The van der Waals surface area contributed by atoms with Crippen LogP contribution < -0.4 is 0 Å². The summed E-state index contributed by atoms with van der Waals surface area (Å²) in [5.74, 6) is 0. The number of carbonyl (C=O) groups is 2. The fraction of sp³-hybridized carbons (Fsp3) is 0. The van der Waals surface area contributed by atoms with E-state index in [0.717, 1.165) is 68.2 Å². The molecule has 0 atom stereocenters. The zero-order chi connectivity index (χ0) is 20.5. The van der Waals surface area contributed by atoms with E-state index < -0.39 is 0 Å². The molecule has 5 rings (SSSR count). The number of rotatable bonds is 4. The van der Waals surface area contributed by atoms with Gasteiger partial charge in [0.15, 0.2) is 12.6 Å². The van der Waals surface area contributed by atoms with Gasteiger partial charge in [0, 0.05) is 11.1 Å². The minimum Gasteiger partial charge on any atom is -0.298 e. The first-order valence-corrected chi connectivity index (χ1v) is 9.83. The summed E-state index contributed by atoms with van der Waals surface area (Å²) in [4.78, 5) is 22.8. The summed E-state index contributed by atoms with van der Waals surface area (Å²) in [7, 11) is 0. The smallest absolute Gasteiger partial charge is 0.150 e. The molecular formula is C28H18O2. The standard InChI is InChI=1S/C28H18O2/c29-17-23-15-21(25-5-1-3-7-27(23)25)13-19-9-11-20(12-10-19)14-22-16-24(18-30)28-8-4-2-6-26(22)28/h1-18H/b21-13+,22-14+. The highest BCUT2D eigenvalue weighted by atomic mass is 16.1. The molecular weight excluding hydrogens is 368 g/mol. The van der Waals surface area contributed by atoms with Gasteiger partial charge >= 0.3 is 0 Å². The summed E-state index contributed by atoms with van der Waals surface area (Å²) in [6, 6.07) is 24.2. The van der Waals surface area contributed by atoms with Crippen molar-refractivity contribution in [2.75, 3.05) is 0 Å². The summed E-state index contributed by atoms with van der Waals surface area (Å²) >= 11 is 0. The van der Waals surface area contributed by atoms with E-state index in [1.807, 2.05) is 60.7 Å². The molecule has 0 aromatic heterocycles. The van der Waals surface area contributed by atoms with Crippen molar-refractivity contribution < 1.29 is 9.59 Å². The average molecular weight is 386 g/mol. The zero-order valence-electron chi connectivity index (χ0n) is 16.2. The van der Waals surface area contributed by atoms with Gasteiger partial charge < -0.3 is 0 Å². The number of hydrogen-bond acceptors (Lipinski definition) is 2. The maximum absolute atomic E-state index is 11.4. The molecule has 0 amide bonds. The number of aldehydes is 2. The van der Waals surface area contributed by atoms with E-state index in [0.29, 0.717) is 0 Å². The second kappa shape index (κ2) is 7.41. The molecule has 2 aliphatic rings. The molecule has 2 heteroatoms. The third-order valence-corrected chi connectivity index (χ3v) is 5.55. The Kier molecular flexibility index (Phi) is 4.45. The SMILES string of the molecule is O=CC1=C/C(=C\c2ccc(/C=C3\C=C(C=O)c4ccccc43)cc2)c2ccccc21. The lowest BCUT2D eigenvalue weighted by molar-refractivity contribution is -0.104. The van der Waals surface area contributed by atoms with Crippen LogP contribution in [0.1, 0.15) is 33.4 Å². The molecule has 0 fully saturated rings. The summed E-state index contributed by atoms with van der Waals surface area (Å²) < 4.78 is 0. The first kappa shape index (κ1) is 18.0. The minimum atomic E-state index is 0.718. The topological polar surface area (TPSA) is 34.1 Å². The van der Waals surface area contributed by atoms with E-state index in [1.54, 1.807) is 0 Å². The summed E-state index contributed by atoms with van der Waals surface area (Å²) in [5.41, 5.74) is 9.80. The summed E-state index contributed by atoms with van der Waals surface area (Å²) in [6.07, 6.45) is 9.90. The highest BCUT2D eigenvalue weighted by Crippen LogP contribution is 2.36. The van der Waals surface area contributed by atoms with Crippen molar-refractivity contribution >= 4 is 47.0 Å². The average Bonchev–Trinajstić information content (AvgIpc) is 3.33. The van der Waals surface area contributed by atoms with Gasteiger partial charge in [0.1, 0.15) is 0 Å². The number of benzene rings is 3. The second-order valence-corrected chi connectivity index (χ2v) is 7.39. The Morgan fingerprint density at radius 3 is 1.20 bits per heavy atom. The minimum absolute atomic E-state index is 0.718. The van der Waals surface area contributed by atoms with E-state index in [1.165, 1.54) is 0 Å². The van der Waals surface area contributed by atoms with Crippen LogP contribution in [-0.2, 0) is 9.59 Å². The van der Waals surface area contributed by atoms with E-state index in [9.17, 15) is 9.59 Å². The highest BCUT2D eigenvalue weighted by Gasteiger charge is 2.18. The van der Waals surface area contributed by atoms with Gasteiger partial charge in [-0.2, -0.15) is 0 Å². The van der Waals surface area contributed by atoms with E-state index in [4.69, 9.17) is 0 Å². The molecule has 3 aromatic rings. The van der Waals surface area contributed by atoms with E-state index >= 15 is 0 Å². The molecule has 30 heavy (non-hydrogen) atoms. The van der Waals surface area contributed by atoms with Gasteiger partial charge in [-0.05, 0) is 68.8 Å². The van der Waals surface area contributed by atoms with Crippen LogP contribution in [0.3, 0.4) is 0 Å². The largest absolute Gasteiger partial charge is 0.298 e. The van der Waals surface area contributed by atoms with Gasteiger partial charge in [-0.3, -0.25) is 9.59 Å². The van der Waals surface area contributed by atoms with Gasteiger partial charge in [0.05, 0.1) is 0 Å². The first-order chi connectivity index (χ1) is 14.8. The number of hydrogen-bond donors (Lipinski definition) is 0. The Morgan fingerprint density at radius 1 is 0.467 bits per heavy atom. The molecule has 142 valence electrons. The Bertz CT molecular complexity index is 1200. The highest BCUT2D eigenvalue weighted by molar-refractivity contribution is 6.19. The van der Waals surface area contributed by atoms with E-state index in [-0.39, 0.29) is 0 Å². The van der Waals surface area contributed by atoms with Gasteiger partial charge in [0.2, 0.25) is 0 Å². The monoisotopic (exact) mass is 386 g/mol. The van der Waals surface area contributed by atoms with Crippen molar-refractivity contribution in [3.05, 3.63) is 118 Å². The van der Waals surface area contributed by atoms with Crippen LogP contribution >= 0.6 is 0 Å². The molecule has 0 heterocycles. The third kappa shape index (κ3) is 3.09. The lowest BCUT2D eigenvalue weighted by atomic mass is 10.0. The van der Waals surface area contributed by atoms with Gasteiger partial charge in [0.25, 0.3) is 0 Å². The molecule has 0 bridgehead atoms. The van der Waals surface area contributed by atoms with Crippen molar-refractivity contribution in [3.63, 3.8) is 0 Å². The normalized spacial score (nSPS) is 16.8. The molecule has 0 spiro atoms. The Morgan fingerprint density at radius 2 is 0.833 bits per heavy atom. The fourth-order valence-corrected chi connectivity index (χ4v) is 4.10. The third-order valence-electron chi connectivity index (χ3n) is 5.55. The first-order valence-electron chi connectivity index (χ1n) is 9.83. The molecule has 0 radical (unpaired) electrons. The van der Waals surface area contributed by atoms with Gasteiger partial charge in [-0.15, -0.1) is 0 Å². The van der Waals surface area contributed by atoms with Crippen LogP contribution in [0.25, 0.3) is 34.4 Å². The molecule has 2 nitrogen and oxygen atoms in total. The lowest BCUT2D eigenvalue weighted by Gasteiger charge is -2.03. The molecule has 2 aliphatic carbocycles. The molecule has 3 aromatic carbocycles. The van der Waals surface area contributed by atoms with Crippen LogP contribution in [0, 0.1) is 0 Å². The maximum Gasteiger partial charge on any atom is 0.150 e. The van der Waals surface area contributed by atoms with E-state index in [2.05, 4.69) is 36.4 Å². The fourth-order valence-electron chi connectivity index (χ4n) is 4.10. The maximum atomic E-state index is 11.4. The van der Waals surface area contributed by atoms with Crippen molar-refractivity contribution in [1.29, 1.82) is 0 Å². The van der Waals surface area contributed by atoms with Crippen molar-refractivity contribution in [2.45, 2.75) is 0 Å². The van der Waals surface area contributed by atoms with Gasteiger partial charge in [-0.25, -0.2) is 0 Å². The second-order valence-electron chi connectivity index (χ2n) is 7.39. The number of fused-ring (bicyclic) bond motifs is 2. The number of carbonyl (C=O) groups excluding carboxylic acids is 2. The zero-order valence-corrected chi connectivity index (χ0v) is 16.2. The van der Waals surface area contributed by atoms with Crippen molar-refractivity contribution in [2.24, 2.45) is 0 Å². The molecule has 0 N–H and O–H groups in total. The number of allylic oxidation sites excluding steroid dienone is 6.